The van der Waals surface area contributed by atoms with Crippen molar-refractivity contribution in [1.29, 1.82) is 0 Å². The van der Waals surface area contributed by atoms with Crippen LogP contribution in [0, 0.1) is 0 Å². The minimum atomic E-state index is -2.14. The summed E-state index contributed by atoms with van der Waals surface area (Å²) in [6.07, 6.45) is 0.576. The van der Waals surface area contributed by atoms with Gasteiger partial charge in [0.2, 0.25) is 5.56 Å². The van der Waals surface area contributed by atoms with Gasteiger partial charge in [-0.25, -0.2) is 0 Å². The fourth-order valence-electron chi connectivity index (χ4n) is 4.42. The molecule has 0 aliphatic carbocycles. The van der Waals surface area contributed by atoms with Crippen LogP contribution in [0.15, 0.2) is 83.7 Å². The van der Waals surface area contributed by atoms with E-state index in [-0.39, 0.29) is 28.4 Å². The van der Waals surface area contributed by atoms with Gasteiger partial charge in [-0.05, 0) is 71.4 Å². The fourth-order valence-corrected chi connectivity index (χ4v) is 5.70. The van der Waals surface area contributed by atoms with Crippen molar-refractivity contribution in [3.05, 3.63) is 106 Å². The van der Waals surface area contributed by atoms with E-state index >= 15 is 0 Å². The number of fused-ring (bicyclic) bond motifs is 1. The van der Waals surface area contributed by atoms with Gasteiger partial charge in [-0.3, -0.25) is 4.79 Å². The zero-order valence-corrected chi connectivity index (χ0v) is 24.2. The zero-order valence-electron chi connectivity index (χ0n) is 23.2. The maximum absolute atomic E-state index is 12.4. The van der Waals surface area contributed by atoms with Crippen LogP contribution in [0.25, 0.3) is 10.9 Å². The van der Waals surface area contributed by atoms with Crippen LogP contribution in [0.2, 0.25) is 18.1 Å². The highest BCUT2D eigenvalue weighted by atomic mass is 28.4. The highest BCUT2D eigenvalue weighted by Crippen LogP contribution is 2.44. The Labute approximate surface area is 226 Å². The largest absolute Gasteiger partial charge is 0.508 e. The Morgan fingerprint density at radius 3 is 2.26 bits per heavy atom. The normalized spacial score (nSPS) is 13.8. The van der Waals surface area contributed by atoms with Crippen LogP contribution < -0.4 is 10.3 Å². The van der Waals surface area contributed by atoms with Gasteiger partial charge in [0.15, 0.2) is 8.32 Å². The summed E-state index contributed by atoms with van der Waals surface area (Å²) in [4.78, 5) is 15.4. The number of nitrogens with one attached hydrogen (secondary N) is 1. The topological polar surface area (TPSA) is 71.5 Å². The van der Waals surface area contributed by atoms with E-state index in [1.165, 1.54) is 0 Å². The van der Waals surface area contributed by atoms with Gasteiger partial charge in [-0.2, -0.15) is 0 Å². The first kappa shape index (κ1) is 27.7. The molecule has 4 aromatic rings. The van der Waals surface area contributed by atoms with E-state index in [1.807, 2.05) is 54.6 Å². The van der Waals surface area contributed by atoms with Gasteiger partial charge in [0, 0.05) is 11.5 Å². The Bertz CT molecular complexity index is 1420. The maximum atomic E-state index is 12.4. The van der Waals surface area contributed by atoms with Crippen molar-refractivity contribution in [2.75, 3.05) is 0 Å². The number of ether oxygens (including phenoxy) is 1. The van der Waals surface area contributed by atoms with Gasteiger partial charge >= 0.3 is 0 Å². The number of phenolic OH excluding ortho intramolecular Hbond substituents is 1. The van der Waals surface area contributed by atoms with Crippen LogP contribution in [0.3, 0.4) is 0 Å². The van der Waals surface area contributed by atoms with Crippen LogP contribution in [0.1, 0.15) is 62.8 Å². The predicted octanol–water partition coefficient (Wildman–Crippen LogP) is 8.07. The number of rotatable bonds is 9. The Morgan fingerprint density at radius 1 is 0.921 bits per heavy atom. The van der Waals surface area contributed by atoms with Crippen molar-refractivity contribution < 1.29 is 14.3 Å². The lowest BCUT2D eigenvalue weighted by Crippen LogP contribution is -2.42. The second kappa shape index (κ2) is 11.2. The standard InChI is InChI=1S/C32H39NO4Si/c1-22(24-12-14-25(34)15-13-24)20-29(37-38(5,6)32(2,3)4)26-16-18-28(31-27(26)17-19-30(35)33-31)36-21-23-10-8-7-9-11-23/h7-19,22,29,34H,20-21H2,1-6H3,(H,33,35)/t22?,29-/m1/s1. The molecule has 0 saturated heterocycles. The van der Waals surface area contributed by atoms with Crippen LogP contribution in [0.5, 0.6) is 11.5 Å². The lowest BCUT2D eigenvalue weighted by molar-refractivity contribution is 0.167. The molecule has 0 bridgehead atoms. The first-order chi connectivity index (χ1) is 17.9. The third kappa shape index (κ3) is 6.37. The molecule has 1 aromatic heterocycles. The summed E-state index contributed by atoms with van der Waals surface area (Å²) >= 11 is 0. The predicted molar refractivity (Wildman–Crippen MR) is 158 cm³/mol. The second-order valence-corrected chi connectivity index (χ2v) is 16.4. The summed E-state index contributed by atoms with van der Waals surface area (Å²) in [6.45, 7) is 13.9. The summed E-state index contributed by atoms with van der Waals surface area (Å²) in [5.74, 6) is 1.09. The second-order valence-electron chi connectivity index (χ2n) is 11.6. The van der Waals surface area contributed by atoms with Gasteiger partial charge in [-0.15, -0.1) is 0 Å². The molecule has 2 atom stereocenters. The molecule has 0 saturated carbocycles. The quantitative estimate of drug-likeness (QED) is 0.215. The van der Waals surface area contributed by atoms with Crippen LogP contribution in [-0.4, -0.2) is 18.4 Å². The number of aromatic amines is 1. The first-order valence-electron chi connectivity index (χ1n) is 13.2. The molecule has 6 heteroatoms. The van der Waals surface area contributed by atoms with Gasteiger partial charge < -0.3 is 19.3 Å². The molecule has 0 aliphatic rings. The lowest BCUT2D eigenvalue weighted by Gasteiger charge is -2.40. The average molecular weight is 530 g/mol. The smallest absolute Gasteiger partial charge is 0.248 e. The van der Waals surface area contributed by atoms with Gasteiger partial charge in [0.25, 0.3) is 0 Å². The summed E-state index contributed by atoms with van der Waals surface area (Å²) in [5.41, 5.74) is 3.77. The van der Waals surface area contributed by atoms with Crippen LogP contribution in [-0.2, 0) is 11.0 Å². The van der Waals surface area contributed by atoms with E-state index in [1.54, 1.807) is 18.2 Å². The molecule has 1 heterocycles. The number of aromatic hydroxyl groups is 1. The van der Waals surface area contributed by atoms with Gasteiger partial charge in [-0.1, -0.05) is 76.2 Å². The van der Waals surface area contributed by atoms with Crippen molar-refractivity contribution >= 4 is 19.2 Å². The molecule has 2 N–H and O–H groups in total. The van der Waals surface area contributed by atoms with Gasteiger partial charge in [0.1, 0.15) is 18.1 Å². The Hall–Kier alpha value is -3.35. The molecular weight excluding hydrogens is 490 g/mol. The fraction of sp³-hybridized carbons (Fsp3) is 0.344. The van der Waals surface area contributed by atoms with E-state index in [2.05, 4.69) is 51.8 Å². The monoisotopic (exact) mass is 529 g/mol. The van der Waals surface area contributed by atoms with Crippen LogP contribution in [0.4, 0.5) is 0 Å². The molecule has 0 aliphatic heterocycles. The van der Waals surface area contributed by atoms with E-state index in [0.29, 0.717) is 17.9 Å². The number of phenols is 1. The number of hydrogen-bond acceptors (Lipinski definition) is 4. The Kier molecular flexibility index (Phi) is 8.14. The van der Waals surface area contributed by atoms with Crippen molar-refractivity contribution in [1.82, 2.24) is 4.98 Å². The zero-order chi connectivity index (χ0) is 27.5. The molecule has 4 rings (SSSR count). The molecule has 0 amide bonds. The number of hydrogen-bond donors (Lipinski definition) is 2. The van der Waals surface area contributed by atoms with Crippen molar-refractivity contribution in [2.24, 2.45) is 0 Å². The number of benzene rings is 3. The minimum absolute atomic E-state index is 0.0376. The molecule has 0 radical (unpaired) electrons. The van der Waals surface area contributed by atoms with E-state index in [0.717, 1.165) is 28.5 Å². The lowest BCUT2D eigenvalue weighted by atomic mass is 9.90. The number of aromatic nitrogens is 1. The van der Waals surface area contributed by atoms with E-state index in [9.17, 15) is 9.90 Å². The van der Waals surface area contributed by atoms with Crippen molar-refractivity contribution in [3.8, 4) is 11.5 Å². The average Bonchev–Trinajstić information content (AvgIpc) is 2.87. The van der Waals surface area contributed by atoms with E-state index < -0.39 is 8.32 Å². The minimum Gasteiger partial charge on any atom is -0.508 e. The Balaban J connectivity index is 1.75. The summed E-state index contributed by atoms with van der Waals surface area (Å²) in [6, 6.07) is 24.9. The highest BCUT2D eigenvalue weighted by Gasteiger charge is 2.40. The van der Waals surface area contributed by atoms with Crippen molar-refractivity contribution in [3.63, 3.8) is 0 Å². The number of pyridine rings is 1. The first-order valence-corrected chi connectivity index (χ1v) is 16.1. The molecule has 3 aromatic carbocycles. The summed E-state index contributed by atoms with van der Waals surface area (Å²) in [5, 5.41) is 10.7. The molecule has 1 unspecified atom stereocenters. The summed E-state index contributed by atoms with van der Waals surface area (Å²) in [7, 11) is -2.14. The maximum Gasteiger partial charge on any atom is 0.248 e. The molecule has 200 valence electrons. The SMILES string of the molecule is CC(C[C@@H](O[Si](C)(C)C(C)(C)C)c1ccc(OCc2ccccc2)c2[nH]c(=O)ccc12)c1ccc(O)cc1. The van der Waals surface area contributed by atoms with Gasteiger partial charge in [0.05, 0.1) is 11.6 Å². The van der Waals surface area contributed by atoms with Crippen LogP contribution >= 0.6 is 0 Å². The molecule has 0 fully saturated rings. The molecule has 0 spiro atoms. The highest BCUT2D eigenvalue weighted by molar-refractivity contribution is 6.74. The number of H-pyrrole nitrogens is 1. The molecule has 38 heavy (non-hydrogen) atoms. The third-order valence-corrected chi connectivity index (χ3v) is 12.2. The molecule has 5 nitrogen and oxygen atoms in total. The molecular formula is C32H39NO4Si. The van der Waals surface area contributed by atoms with E-state index in [4.69, 9.17) is 9.16 Å². The Morgan fingerprint density at radius 2 is 1.61 bits per heavy atom. The third-order valence-electron chi connectivity index (χ3n) is 7.75. The van der Waals surface area contributed by atoms with Crippen molar-refractivity contribution in [2.45, 2.75) is 70.9 Å². The summed E-state index contributed by atoms with van der Waals surface area (Å²) < 4.78 is 13.3.